The van der Waals surface area contributed by atoms with Crippen LogP contribution in [0.1, 0.15) is 18.5 Å². The van der Waals surface area contributed by atoms with Crippen molar-refractivity contribution >= 4 is 21.7 Å². The highest BCUT2D eigenvalue weighted by molar-refractivity contribution is 7.21. The van der Waals surface area contributed by atoms with Gasteiger partial charge in [0.1, 0.15) is 15.4 Å². The summed E-state index contributed by atoms with van der Waals surface area (Å²) in [7, 11) is 0. The van der Waals surface area contributed by atoms with E-state index in [1.807, 2.05) is 18.3 Å². The Hall–Kier alpha value is -1.81. The molecule has 94 valence electrons. The molecule has 0 N–H and O–H groups in total. The molecule has 3 aromatic heterocycles. The van der Waals surface area contributed by atoms with E-state index in [1.165, 1.54) is 18.5 Å². The standard InChI is InChI=1S/C15H13N3S/c1-2-11(9-16-7-1)14-18-13-6-5-12(8-10-3-4-10)17-15(13)19-14/h1-2,5-7,9-10H,3-4,8H2. The number of rotatable bonds is 3. The van der Waals surface area contributed by atoms with Gasteiger partial charge in [0, 0.05) is 23.7 Å². The number of fused-ring (bicyclic) bond motifs is 1. The average Bonchev–Trinajstić information content (AvgIpc) is 3.16. The Morgan fingerprint density at radius 2 is 2.11 bits per heavy atom. The quantitative estimate of drug-likeness (QED) is 0.726. The van der Waals surface area contributed by atoms with Gasteiger partial charge in [-0.15, -0.1) is 0 Å². The van der Waals surface area contributed by atoms with Gasteiger partial charge in [-0.25, -0.2) is 9.97 Å². The zero-order valence-corrected chi connectivity index (χ0v) is 11.2. The van der Waals surface area contributed by atoms with Crippen molar-refractivity contribution in [3.63, 3.8) is 0 Å². The second-order valence-corrected chi connectivity index (χ2v) is 6.01. The number of aromatic nitrogens is 3. The van der Waals surface area contributed by atoms with E-state index in [-0.39, 0.29) is 0 Å². The fraction of sp³-hybridized carbons (Fsp3) is 0.267. The van der Waals surface area contributed by atoms with Gasteiger partial charge in [0.2, 0.25) is 0 Å². The molecule has 1 fully saturated rings. The second-order valence-electron chi connectivity index (χ2n) is 5.04. The fourth-order valence-corrected chi connectivity index (χ4v) is 3.15. The van der Waals surface area contributed by atoms with Crippen LogP contribution in [0.5, 0.6) is 0 Å². The van der Waals surface area contributed by atoms with E-state index in [4.69, 9.17) is 4.98 Å². The monoisotopic (exact) mass is 267 g/mol. The minimum atomic E-state index is 0.871. The van der Waals surface area contributed by atoms with E-state index >= 15 is 0 Å². The molecule has 0 spiro atoms. The van der Waals surface area contributed by atoms with Crippen LogP contribution in [-0.2, 0) is 6.42 Å². The molecule has 4 rings (SSSR count). The molecule has 0 aliphatic heterocycles. The molecule has 0 radical (unpaired) electrons. The molecule has 3 aromatic rings. The number of thiazole rings is 1. The number of hydrogen-bond donors (Lipinski definition) is 0. The smallest absolute Gasteiger partial charge is 0.144 e. The molecule has 0 aromatic carbocycles. The molecule has 3 heterocycles. The predicted octanol–water partition coefficient (Wildman–Crippen LogP) is 3.71. The van der Waals surface area contributed by atoms with Gasteiger partial charge in [-0.05, 0) is 49.4 Å². The SMILES string of the molecule is c1cncc(-c2nc3ccc(CC4CC4)nc3s2)c1. The minimum Gasteiger partial charge on any atom is -0.264 e. The molecule has 0 unspecified atom stereocenters. The Morgan fingerprint density at radius 1 is 1.16 bits per heavy atom. The molecule has 0 atom stereocenters. The average molecular weight is 267 g/mol. The molecule has 1 aliphatic carbocycles. The lowest BCUT2D eigenvalue weighted by Crippen LogP contribution is -1.90. The van der Waals surface area contributed by atoms with Crippen LogP contribution in [0.25, 0.3) is 20.9 Å². The summed E-state index contributed by atoms with van der Waals surface area (Å²) in [5.41, 5.74) is 3.26. The first-order valence-corrected chi connectivity index (χ1v) is 7.37. The van der Waals surface area contributed by atoms with Crippen molar-refractivity contribution in [3.8, 4) is 10.6 Å². The van der Waals surface area contributed by atoms with Gasteiger partial charge in [0.05, 0.1) is 0 Å². The molecule has 0 bridgehead atoms. The Bertz CT molecular complexity index is 717. The summed E-state index contributed by atoms with van der Waals surface area (Å²) in [6, 6.07) is 8.19. The van der Waals surface area contributed by atoms with Crippen LogP contribution in [0.2, 0.25) is 0 Å². The number of pyridine rings is 2. The second kappa shape index (κ2) is 4.38. The van der Waals surface area contributed by atoms with E-state index in [0.717, 1.165) is 33.3 Å². The van der Waals surface area contributed by atoms with Gasteiger partial charge in [-0.1, -0.05) is 11.3 Å². The highest BCUT2D eigenvalue weighted by Crippen LogP contribution is 2.33. The third-order valence-electron chi connectivity index (χ3n) is 3.42. The third-order valence-corrected chi connectivity index (χ3v) is 4.43. The first-order chi connectivity index (χ1) is 9.38. The first kappa shape index (κ1) is 11.1. The summed E-state index contributed by atoms with van der Waals surface area (Å²) in [4.78, 5) is 14.6. The van der Waals surface area contributed by atoms with Crippen LogP contribution in [0.15, 0.2) is 36.7 Å². The fourth-order valence-electron chi connectivity index (χ4n) is 2.20. The summed E-state index contributed by atoms with van der Waals surface area (Å²) in [6.45, 7) is 0. The third kappa shape index (κ3) is 2.24. The van der Waals surface area contributed by atoms with Crippen LogP contribution in [0.4, 0.5) is 0 Å². The normalized spacial score (nSPS) is 14.9. The van der Waals surface area contributed by atoms with Crippen LogP contribution < -0.4 is 0 Å². The summed E-state index contributed by atoms with van der Waals surface area (Å²) in [5, 5.41) is 0.999. The summed E-state index contributed by atoms with van der Waals surface area (Å²) >= 11 is 1.65. The molecule has 0 amide bonds. The van der Waals surface area contributed by atoms with Crippen LogP contribution in [0, 0.1) is 5.92 Å². The molecular weight excluding hydrogens is 254 g/mol. The molecule has 4 heteroatoms. The van der Waals surface area contributed by atoms with Crippen molar-refractivity contribution < 1.29 is 0 Å². The maximum Gasteiger partial charge on any atom is 0.144 e. The Balaban J connectivity index is 1.74. The molecular formula is C15H13N3S. The van der Waals surface area contributed by atoms with Crippen molar-refractivity contribution in [1.29, 1.82) is 0 Å². The molecule has 0 saturated heterocycles. The van der Waals surface area contributed by atoms with Crippen LogP contribution in [-0.4, -0.2) is 15.0 Å². The largest absolute Gasteiger partial charge is 0.264 e. The topological polar surface area (TPSA) is 38.7 Å². The van der Waals surface area contributed by atoms with Crippen molar-refractivity contribution in [1.82, 2.24) is 15.0 Å². The van der Waals surface area contributed by atoms with E-state index in [2.05, 4.69) is 22.1 Å². The van der Waals surface area contributed by atoms with Gasteiger partial charge in [-0.2, -0.15) is 0 Å². The lowest BCUT2D eigenvalue weighted by molar-refractivity contribution is 0.809. The van der Waals surface area contributed by atoms with Gasteiger partial charge in [-0.3, -0.25) is 4.98 Å². The maximum atomic E-state index is 4.74. The lowest BCUT2D eigenvalue weighted by Gasteiger charge is -1.96. The highest BCUT2D eigenvalue weighted by Gasteiger charge is 2.22. The zero-order valence-electron chi connectivity index (χ0n) is 10.4. The van der Waals surface area contributed by atoms with Crippen molar-refractivity contribution in [2.24, 2.45) is 5.92 Å². The number of nitrogens with zero attached hydrogens (tertiary/aromatic N) is 3. The number of hydrogen-bond acceptors (Lipinski definition) is 4. The Labute approximate surface area is 115 Å². The van der Waals surface area contributed by atoms with E-state index < -0.39 is 0 Å². The summed E-state index contributed by atoms with van der Waals surface area (Å²) in [6.07, 6.45) is 7.48. The molecule has 3 nitrogen and oxygen atoms in total. The lowest BCUT2D eigenvalue weighted by atomic mass is 10.2. The van der Waals surface area contributed by atoms with Crippen molar-refractivity contribution in [3.05, 3.63) is 42.4 Å². The zero-order chi connectivity index (χ0) is 12.7. The van der Waals surface area contributed by atoms with Crippen LogP contribution >= 0.6 is 11.3 Å². The predicted molar refractivity (Wildman–Crippen MR) is 77.1 cm³/mol. The van der Waals surface area contributed by atoms with Gasteiger partial charge in [0.15, 0.2) is 0 Å². The van der Waals surface area contributed by atoms with E-state index in [0.29, 0.717) is 0 Å². The van der Waals surface area contributed by atoms with Gasteiger partial charge in [0.25, 0.3) is 0 Å². The maximum absolute atomic E-state index is 4.74. The van der Waals surface area contributed by atoms with E-state index in [1.54, 1.807) is 17.5 Å². The molecule has 19 heavy (non-hydrogen) atoms. The van der Waals surface area contributed by atoms with Gasteiger partial charge >= 0.3 is 0 Å². The van der Waals surface area contributed by atoms with Gasteiger partial charge < -0.3 is 0 Å². The summed E-state index contributed by atoms with van der Waals surface area (Å²) in [5.74, 6) is 0.871. The Kier molecular flexibility index (Phi) is 2.55. The molecule has 1 saturated carbocycles. The molecule has 1 aliphatic rings. The van der Waals surface area contributed by atoms with E-state index in [9.17, 15) is 0 Å². The van der Waals surface area contributed by atoms with Crippen molar-refractivity contribution in [2.45, 2.75) is 19.3 Å². The highest BCUT2D eigenvalue weighted by atomic mass is 32.1. The van der Waals surface area contributed by atoms with Crippen LogP contribution in [0.3, 0.4) is 0 Å². The Morgan fingerprint density at radius 3 is 2.89 bits per heavy atom. The first-order valence-electron chi connectivity index (χ1n) is 6.55. The van der Waals surface area contributed by atoms with Crippen molar-refractivity contribution in [2.75, 3.05) is 0 Å². The summed E-state index contributed by atoms with van der Waals surface area (Å²) < 4.78 is 0. The minimum absolute atomic E-state index is 0.871.